The smallest absolute Gasteiger partial charge is 0.240 e. The zero-order chi connectivity index (χ0) is 12.3. The molecule has 17 heavy (non-hydrogen) atoms. The number of nitrogens with zero attached hydrogens (tertiary/aromatic N) is 2. The minimum atomic E-state index is -0.296. The van der Waals surface area contributed by atoms with Crippen LogP contribution in [0.3, 0.4) is 0 Å². The Hall–Kier alpha value is -2.01. The molecule has 0 unspecified atom stereocenters. The third kappa shape index (κ3) is 2.39. The molecule has 1 aromatic carbocycles. The summed E-state index contributed by atoms with van der Waals surface area (Å²) < 4.78 is 18.0. The summed E-state index contributed by atoms with van der Waals surface area (Å²) in [5.41, 5.74) is 7.47. The maximum absolute atomic E-state index is 12.8. The third-order valence-corrected chi connectivity index (χ3v) is 2.31. The Balaban J connectivity index is 2.51. The number of hydrogen-bond donors (Lipinski definition) is 1. The van der Waals surface area contributed by atoms with E-state index in [-0.39, 0.29) is 5.82 Å². The molecule has 0 saturated heterocycles. The summed E-state index contributed by atoms with van der Waals surface area (Å²) >= 11 is 0. The minimum absolute atomic E-state index is 0.296. The van der Waals surface area contributed by atoms with Crippen molar-refractivity contribution in [3.8, 4) is 17.1 Å². The van der Waals surface area contributed by atoms with Crippen molar-refractivity contribution in [2.75, 3.05) is 7.11 Å². The first-order valence-electron chi connectivity index (χ1n) is 5.10. The predicted molar refractivity (Wildman–Crippen MR) is 61.9 cm³/mol. The van der Waals surface area contributed by atoms with Gasteiger partial charge in [0.2, 0.25) is 5.88 Å². The van der Waals surface area contributed by atoms with Crippen molar-refractivity contribution in [3.63, 3.8) is 0 Å². The Morgan fingerprint density at radius 2 is 2.00 bits per heavy atom. The summed E-state index contributed by atoms with van der Waals surface area (Å²) in [5.74, 6) is 0.101. The Kier molecular flexibility index (Phi) is 3.30. The lowest BCUT2D eigenvalue weighted by Crippen LogP contribution is -2.03. The van der Waals surface area contributed by atoms with Crippen LogP contribution >= 0.6 is 0 Å². The Bertz CT molecular complexity index is 514. The standard InChI is InChI=1S/C12H12FN3O/c1-17-12-11(16-10(6-14)7-15-12)8-2-4-9(13)5-3-8/h2-5,7H,6,14H2,1H3. The lowest BCUT2D eigenvalue weighted by atomic mass is 10.1. The van der Waals surface area contributed by atoms with Crippen molar-refractivity contribution < 1.29 is 9.13 Å². The van der Waals surface area contributed by atoms with Crippen LogP contribution in [-0.4, -0.2) is 17.1 Å². The topological polar surface area (TPSA) is 61.0 Å². The molecule has 0 aliphatic heterocycles. The molecule has 4 nitrogen and oxygen atoms in total. The SMILES string of the molecule is COc1ncc(CN)nc1-c1ccc(F)cc1. The van der Waals surface area contributed by atoms with Crippen LogP contribution in [0, 0.1) is 5.82 Å². The van der Waals surface area contributed by atoms with Gasteiger partial charge in [0, 0.05) is 12.1 Å². The molecule has 0 aliphatic carbocycles. The van der Waals surface area contributed by atoms with Crippen molar-refractivity contribution in [1.29, 1.82) is 0 Å². The number of aromatic nitrogens is 2. The molecule has 1 aromatic heterocycles. The minimum Gasteiger partial charge on any atom is -0.479 e. The maximum atomic E-state index is 12.8. The Labute approximate surface area is 98.3 Å². The van der Waals surface area contributed by atoms with Gasteiger partial charge in [0.15, 0.2) is 0 Å². The van der Waals surface area contributed by atoms with Crippen LogP contribution in [0.4, 0.5) is 4.39 Å². The number of methoxy groups -OCH3 is 1. The van der Waals surface area contributed by atoms with Crippen LogP contribution in [0.5, 0.6) is 5.88 Å². The van der Waals surface area contributed by atoms with Gasteiger partial charge in [-0.3, -0.25) is 0 Å². The van der Waals surface area contributed by atoms with E-state index in [2.05, 4.69) is 9.97 Å². The summed E-state index contributed by atoms with van der Waals surface area (Å²) in [6.07, 6.45) is 1.56. The fourth-order valence-corrected chi connectivity index (χ4v) is 1.46. The lowest BCUT2D eigenvalue weighted by molar-refractivity contribution is 0.397. The molecule has 0 amide bonds. The van der Waals surface area contributed by atoms with E-state index in [1.807, 2.05) is 0 Å². The van der Waals surface area contributed by atoms with Gasteiger partial charge in [-0.15, -0.1) is 0 Å². The first-order valence-corrected chi connectivity index (χ1v) is 5.10. The molecule has 0 fully saturated rings. The van der Waals surface area contributed by atoms with Gasteiger partial charge in [0.1, 0.15) is 11.5 Å². The van der Waals surface area contributed by atoms with Crippen molar-refractivity contribution >= 4 is 0 Å². The average molecular weight is 233 g/mol. The van der Waals surface area contributed by atoms with E-state index in [1.54, 1.807) is 18.3 Å². The van der Waals surface area contributed by atoms with E-state index in [1.165, 1.54) is 19.2 Å². The first kappa shape index (κ1) is 11.5. The molecule has 5 heteroatoms. The Morgan fingerprint density at radius 1 is 1.29 bits per heavy atom. The van der Waals surface area contributed by atoms with Gasteiger partial charge in [-0.2, -0.15) is 0 Å². The van der Waals surface area contributed by atoms with E-state index < -0.39 is 0 Å². The van der Waals surface area contributed by atoms with Gasteiger partial charge in [-0.05, 0) is 24.3 Å². The lowest BCUT2D eigenvalue weighted by Gasteiger charge is -2.07. The van der Waals surface area contributed by atoms with Gasteiger partial charge in [-0.25, -0.2) is 14.4 Å². The molecule has 0 bridgehead atoms. The van der Waals surface area contributed by atoms with Crippen LogP contribution in [0.2, 0.25) is 0 Å². The first-order chi connectivity index (χ1) is 8.24. The number of rotatable bonds is 3. The van der Waals surface area contributed by atoms with Crippen molar-refractivity contribution in [2.45, 2.75) is 6.54 Å². The normalized spacial score (nSPS) is 10.3. The molecule has 0 spiro atoms. The van der Waals surface area contributed by atoms with Gasteiger partial charge in [0.25, 0.3) is 0 Å². The number of halogens is 1. The summed E-state index contributed by atoms with van der Waals surface area (Å²) in [4.78, 5) is 8.44. The number of nitrogens with two attached hydrogens (primary N) is 1. The van der Waals surface area contributed by atoms with E-state index in [0.29, 0.717) is 23.8 Å². The monoisotopic (exact) mass is 233 g/mol. The van der Waals surface area contributed by atoms with Crippen molar-refractivity contribution in [1.82, 2.24) is 9.97 Å². The fourth-order valence-electron chi connectivity index (χ4n) is 1.46. The Morgan fingerprint density at radius 3 is 2.59 bits per heavy atom. The molecule has 0 atom stereocenters. The average Bonchev–Trinajstić information content (AvgIpc) is 2.39. The second kappa shape index (κ2) is 4.88. The van der Waals surface area contributed by atoms with Gasteiger partial charge in [-0.1, -0.05) is 0 Å². The van der Waals surface area contributed by atoms with Crippen LogP contribution in [-0.2, 0) is 6.54 Å². The van der Waals surface area contributed by atoms with Gasteiger partial charge in [0.05, 0.1) is 19.0 Å². The zero-order valence-electron chi connectivity index (χ0n) is 9.35. The second-order valence-corrected chi connectivity index (χ2v) is 3.43. The van der Waals surface area contributed by atoms with E-state index in [9.17, 15) is 4.39 Å². The molecule has 1 heterocycles. The molecule has 0 radical (unpaired) electrons. The molecule has 88 valence electrons. The zero-order valence-corrected chi connectivity index (χ0v) is 9.35. The van der Waals surface area contributed by atoms with Gasteiger partial charge >= 0.3 is 0 Å². The second-order valence-electron chi connectivity index (χ2n) is 3.43. The number of benzene rings is 1. The summed E-state index contributed by atoms with van der Waals surface area (Å²) in [6.45, 7) is 0.297. The molecular weight excluding hydrogens is 221 g/mol. The van der Waals surface area contributed by atoms with Crippen LogP contribution in [0.25, 0.3) is 11.3 Å². The summed E-state index contributed by atoms with van der Waals surface area (Å²) in [7, 11) is 1.51. The quantitative estimate of drug-likeness (QED) is 0.877. The number of ether oxygens (including phenoxy) is 1. The molecule has 0 saturated carbocycles. The largest absolute Gasteiger partial charge is 0.479 e. The highest BCUT2D eigenvalue weighted by atomic mass is 19.1. The molecule has 2 rings (SSSR count). The fraction of sp³-hybridized carbons (Fsp3) is 0.167. The summed E-state index contributed by atoms with van der Waals surface area (Å²) in [6, 6.07) is 5.99. The molecule has 2 aromatic rings. The van der Waals surface area contributed by atoms with Gasteiger partial charge < -0.3 is 10.5 Å². The van der Waals surface area contributed by atoms with E-state index >= 15 is 0 Å². The molecule has 0 aliphatic rings. The maximum Gasteiger partial charge on any atom is 0.240 e. The number of hydrogen-bond acceptors (Lipinski definition) is 4. The molecule has 2 N–H and O–H groups in total. The van der Waals surface area contributed by atoms with Crippen molar-refractivity contribution in [3.05, 3.63) is 42.0 Å². The van der Waals surface area contributed by atoms with Crippen LogP contribution in [0.1, 0.15) is 5.69 Å². The summed E-state index contributed by atoms with van der Waals surface area (Å²) in [5, 5.41) is 0. The van der Waals surface area contributed by atoms with Crippen molar-refractivity contribution in [2.24, 2.45) is 5.73 Å². The third-order valence-electron chi connectivity index (χ3n) is 2.31. The highest BCUT2D eigenvalue weighted by molar-refractivity contribution is 5.64. The molecular formula is C12H12FN3O. The van der Waals surface area contributed by atoms with Crippen LogP contribution < -0.4 is 10.5 Å². The van der Waals surface area contributed by atoms with E-state index in [0.717, 1.165) is 5.56 Å². The van der Waals surface area contributed by atoms with E-state index in [4.69, 9.17) is 10.5 Å². The highest BCUT2D eigenvalue weighted by Gasteiger charge is 2.10. The highest BCUT2D eigenvalue weighted by Crippen LogP contribution is 2.25. The van der Waals surface area contributed by atoms with Crippen LogP contribution in [0.15, 0.2) is 30.5 Å². The predicted octanol–water partition coefficient (Wildman–Crippen LogP) is 1.75.